The van der Waals surface area contributed by atoms with Crippen LogP contribution in [0.3, 0.4) is 0 Å². The molecular weight excluding hydrogens is 200 g/mol. The summed E-state index contributed by atoms with van der Waals surface area (Å²) in [6.45, 7) is 4.54. The third-order valence-corrected chi connectivity index (χ3v) is 2.27. The average Bonchev–Trinajstić information content (AvgIpc) is 1.86. The Balaban J connectivity index is 0. The molecule has 0 aromatic heterocycles. The van der Waals surface area contributed by atoms with Crippen molar-refractivity contribution in [2.45, 2.75) is 27.2 Å². The van der Waals surface area contributed by atoms with Gasteiger partial charge in [-0.3, -0.25) is 0 Å². The molecule has 0 saturated heterocycles. The normalized spacial score (nSPS) is 10.8. The average molecular weight is 212 g/mol. The van der Waals surface area contributed by atoms with E-state index in [9.17, 15) is 19.8 Å². The van der Waals surface area contributed by atoms with Gasteiger partial charge in [0.25, 0.3) is 0 Å². The monoisotopic (exact) mass is 212 g/mol. The molecule has 0 rings (SSSR count). The Morgan fingerprint density at radius 1 is 1.23 bits per heavy atom. The fraction of sp³-hybridized carbons (Fsp3) is 0.750. The van der Waals surface area contributed by atoms with Crippen LogP contribution in [0.5, 0.6) is 0 Å². The van der Waals surface area contributed by atoms with Crippen molar-refractivity contribution in [2.24, 2.45) is 11.3 Å². The first kappa shape index (κ1) is 15.7. The maximum atomic E-state index is 10.6. The zero-order chi connectivity index (χ0) is 9.94. The molecule has 13 heavy (non-hydrogen) atoms. The molecule has 0 aliphatic carbocycles. The number of carbonyl (C=O) groups is 2. The first-order valence-corrected chi connectivity index (χ1v) is 3.82. The van der Waals surface area contributed by atoms with Gasteiger partial charge in [0.05, 0.1) is 17.4 Å². The van der Waals surface area contributed by atoms with Crippen LogP contribution in [0, 0.1) is 11.3 Å². The summed E-state index contributed by atoms with van der Waals surface area (Å²) < 4.78 is 0. The number of hydrogen-bond donors (Lipinski definition) is 0. The molecule has 0 fully saturated rings. The van der Waals surface area contributed by atoms with E-state index in [0.717, 1.165) is 0 Å². The van der Waals surface area contributed by atoms with E-state index in [1.165, 1.54) is 20.8 Å². The van der Waals surface area contributed by atoms with Crippen molar-refractivity contribution in [3.05, 3.63) is 0 Å². The summed E-state index contributed by atoms with van der Waals surface area (Å²) in [5.74, 6) is -3.67. The third kappa shape index (κ3) is 2.82. The van der Waals surface area contributed by atoms with Gasteiger partial charge in [-0.2, -0.15) is 0 Å². The van der Waals surface area contributed by atoms with Crippen molar-refractivity contribution >= 4 is 49.7 Å². The minimum absolute atomic E-state index is 0. The summed E-state index contributed by atoms with van der Waals surface area (Å²) in [6, 6.07) is 0. The molecule has 0 bridgehead atoms. The molecule has 70 valence electrons. The van der Waals surface area contributed by atoms with Gasteiger partial charge in [0, 0.05) is 0 Å². The van der Waals surface area contributed by atoms with Crippen LogP contribution in [0.2, 0.25) is 0 Å². The van der Waals surface area contributed by atoms with E-state index in [4.69, 9.17) is 0 Å². The topological polar surface area (TPSA) is 80.3 Å². The largest absolute Gasteiger partial charge is 2.00 e. The van der Waals surface area contributed by atoms with Crippen LogP contribution in [0.4, 0.5) is 0 Å². The molecule has 0 spiro atoms. The molecule has 0 saturated carbocycles. The van der Waals surface area contributed by atoms with Crippen LogP contribution < -0.4 is 10.2 Å². The summed E-state index contributed by atoms with van der Waals surface area (Å²) in [5.41, 5.74) is -1.85. The number of carboxylic acids is 2. The van der Waals surface area contributed by atoms with Crippen molar-refractivity contribution in [3.63, 3.8) is 0 Å². The molecular formula is C8H12CaO4. The molecule has 0 heterocycles. The minimum atomic E-state index is -1.85. The predicted octanol–water partition coefficient (Wildman–Crippen LogP) is -1.84. The second-order valence-corrected chi connectivity index (χ2v) is 3.05. The number of carbonyl (C=O) groups excluding carboxylic acids is 2. The Hall–Kier alpha value is 0.200. The number of carboxylic acid groups (broad SMARTS) is 2. The first-order chi connectivity index (χ1) is 5.39. The van der Waals surface area contributed by atoms with Gasteiger partial charge in [-0.15, -0.1) is 0 Å². The molecule has 5 heteroatoms. The van der Waals surface area contributed by atoms with Crippen molar-refractivity contribution in [1.29, 1.82) is 0 Å². The van der Waals surface area contributed by atoms with E-state index < -0.39 is 23.3 Å². The zero-order valence-corrected chi connectivity index (χ0v) is 10.3. The summed E-state index contributed by atoms with van der Waals surface area (Å²) in [6.07, 6.45) is -0.0185. The van der Waals surface area contributed by atoms with Crippen molar-refractivity contribution in [1.82, 2.24) is 0 Å². The summed E-state index contributed by atoms with van der Waals surface area (Å²) >= 11 is 0. The van der Waals surface area contributed by atoms with Crippen LogP contribution in [0.1, 0.15) is 27.2 Å². The molecule has 4 nitrogen and oxygen atoms in total. The second-order valence-electron chi connectivity index (χ2n) is 3.05. The predicted molar refractivity (Wildman–Crippen MR) is 43.3 cm³/mol. The van der Waals surface area contributed by atoms with Gasteiger partial charge in [0.1, 0.15) is 0 Å². The van der Waals surface area contributed by atoms with Gasteiger partial charge in [-0.05, 0) is 12.3 Å². The van der Waals surface area contributed by atoms with E-state index >= 15 is 0 Å². The fourth-order valence-electron chi connectivity index (χ4n) is 1.25. The Kier molecular flexibility index (Phi) is 7.03. The van der Waals surface area contributed by atoms with Gasteiger partial charge < -0.3 is 19.8 Å². The van der Waals surface area contributed by atoms with Gasteiger partial charge in [-0.1, -0.05) is 20.8 Å². The van der Waals surface area contributed by atoms with Crippen LogP contribution in [0.15, 0.2) is 0 Å². The standard InChI is InChI=1S/C8H14O4.Ca/c1-4-8(5(2)3,6(9)10)7(11)12;/h5H,4H2,1-3H3,(H,9,10)(H,11,12);/q;+2/p-2. The number of hydrogen-bond acceptors (Lipinski definition) is 4. The summed E-state index contributed by atoms with van der Waals surface area (Å²) in [5, 5.41) is 21.2. The fourth-order valence-corrected chi connectivity index (χ4v) is 1.25. The molecule has 0 aromatic carbocycles. The second kappa shape index (κ2) is 5.83. The minimum Gasteiger partial charge on any atom is -0.549 e. The zero-order valence-electron chi connectivity index (χ0n) is 8.12. The molecule has 0 aliphatic rings. The van der Waals surface area contributed by atoms with E-state index in [0.29, 0.717) is 0 Å². The Bertz CT molecular complexity index is 186. The van der Waals surface area contributed by atoms with Crippen LogP contribution in [0.25, 0.3) is 0 Å². The Morgan fingerprint density at radius 2 is 1.54 bits per heavy atom. The van der Waals surface area contributed by atoms with Crippen molar-refractivity contribution < 1.29 is 19.8 Å². The molecule has 0 aliphatic heterocycles. The van der Waals surface area contributed by atoms with Crippen molar-refractivity contribution in [3.8, 4) is 0 Å². The summed E-state index contributed by atoms with van der Waals surface area (Å²) in [4.78, 5) is 21.2. The van der Waals surface area contributed by atoms with Crippen molar-refractivity contribution in [2.75, 3.05) is 0 Å². The van der Waals surface area contributed by atoms with Crippen LogP contribution in [-0.2, 0) is 9.59 Å². The SMILES string of the molecule is CCC(C(=O)[O-])(C(=O)[O-])C(C)C.[Ca+2]. The van der Waals surface area contributed by atoms with Crippen LogP contribution >= 0.6 is 0 Å². The third-order valence-electron chi connectivity index (χ3n) is 2.27. The van der Waals surface area contributed by atoms with Gasteiger partial charge in [0.15, 0.2) is 0 Å². The smallest absolute Gasteiger partial charge is 0.549 e. The Labute approximate surface area is 107 Å². The molecule has 0 amide bonds. The maximum Gasteiger partial charge on any atom is 2.00 e. The summed E-state index contributed by atoms with van der Waals surface area (Å²) in [7, 11) is 0. The quantitative estimate of drug-likeness (QED) is 0.405. The molecule has 0 aromatic rings. The van der Waals surface area contributed by atoms with Gasteiger partial charge >= 0.3 is 37.7 Å². The maximum absolute atomic E-state index is 10.6. The van der Waals surface area contributed by atoms with E-state index in [-0.39, 0.29) is 44.2 Å². The van der Waals surface area contributed by atoms with Gasteiger partial charge in [0.2, 0.25) is 0 Å². The van der Waals surface area contributed by atoms with E-state index in [1.54, 1.807) is 0 Å². The molecule has 0 radical (unpaired) electrons. The van der Waals surface area contributed by atoms with E-state index in [2.05, 4.69) is 0 Å². The molecule has 0 unspecified atom stereocenters. The molecule has 0 atom stereocenters. The van der Waals surface area contributed by atoms with E-state index in [1.807, 2.05) is 0 Å². The van der Waals surface area contributed by atoms with Gasteiger partial charge in [-0.25, -0.2) is 0 Å². The first-order valence-electron chi connectivity index (χ1n) is 3.82. The Morgan fingerprint density at radius 3 is 1.54 bits per heavy atom. The number of rotatable bonds is 4. The number of aliphatic carboxylic acids is 2. The van der Waals surface area contributed by atoms with Crippen LogP contribution in [-0.4, -0.2) is 49.7 Å². The molecule has 0 N–H and O–H groups in total.